The molecule has 0 saturated carbocycles. The van der Waals surface area contributed by atoms with E-state index < -0.39 is 12.2 Å². The molecular weight excluding hydrogens is 355 g/mol. The summed E-state index contributed by atoms with van der Waals surface area (Å²) in [4.78, 5) is 23.9. The molecule has 1 unspecified atom stereocenters. The molecule has 0 aliphatic heterocycles. The number of aliphatic hydroxyl groups is 1. The molecule has 3 N–H and O–H groups in total. The van der Waals surface area contributed by atoms with E-state index >= 15 is 0 Å². The van der Waals surface area contributed by atoms with E-state index in [1.165, 1.54) is 69.6 Å². The summed E-state index contributed by atoms with van der Waals surface area (Å²) in [6, 6.07) is 0. The van der Waals surface area contributed by atoms with Gasteiger partial charge in [-0.3, -0.25) is 14.5 Å². The van der Waals surface area contributed by atoms with Crippen LogP contribution in [0.4, 0.5) is 0 Å². The molecule has 1 atom stereocenters. The van der Waals surface area contributed by atoms with E-state index in [9.17, 15) is 14.7 Å². The predicted molar refractivity (Wildman–Crippen MR) is 112 cm³/mol. The van der Waals surface area contributed by atoms with Gasteiger partial charge in [-0.25, -0.2) is 0 Å². The van der Waals surface area contributed by atoms with E-state index in [0.717, 1.165) is 12.8 Å². The van der Waals surface area contributed by atoms with Crippen LogP contribution in [0.15, 0.2) is 0 Å². The first-order chi connectivity index (χ1) is 12.5. The van der Waals surface area contributed by atoms with Crippen molar-refractivity contribution in [2.75, 3.05) is 19.6 Å². The maximum absolute atomic E-state index is 11.8. The number of aliphatic carboxylic acids is 1. The first kappa shape index (κ1) is 29.1. The molecule has 0 fully saturated rings. The van der Waals surface area contributed by atoms with Gasteiger partial charge >= 0.3 is 35.5 Å². The number of nitrogens with zero attached hydrogens (tertiary/aromatic N) is 1. The SMILES string of the molecule is CCCCCCCCCCCCCC(=O)NCCN(CC(=O)O)C(C)O.[NaH]. The minimum absolute atomic E-state index is 0. The minimum atomic E-state index is -0.988. The van der Waals surface area contributed by atoms with Crippen molar-refractivity contribution < 1.29 is 19.8 Å². The molecule has 7 heteroatoms. The molecule has 0 aliphatic carbocycles. The Balaban J connectivity index is 0. The van der Waals surface area contributed by atoms with Gasteiger partial charge in [-0.1, -0.05) is 71.1 Å². The normalized spacial score (nSPS) is 11.9. The van der Waals surface area contributed by atoms with Crippen LogP contribution in [0.3, 0.4) is 0 Å². The van der Waals surface area contributed by atoms with Gasteiger partial charge in [-0.15, -0.1) is 0 Å². The summed E-state index contributed by atoms with van der Waals surface area (Å²) in [6.07, 6.45) is 13.5. The Morgan fingerprint density at radius 1 is 0.926 bits per heavy atom. The number of rotatable bonds is 18. The van der Waals surface area contributed by atoms with Gasteiger partial charge in [0.05, 0.1) is 6.54 Å². The average molecular weight is 397 g/mol. The van der Waals surface area contributed by atoms with E-state index in [1.807, 2.05) is 0 Å². The first-order valence-electron chi connectivity index (χ1n) is 10.4. The number of hydrogen-bond acceptors (Lipinski definition) is 4. The fourth-order valence-electron chi connectivity index (χ4n) is 2.95. The van der Waals surface area contributed by atoms with Gasteiger partial charge in [-0.05, 0) is 13.3 Å². The molecule has 0 bridgehead atoms. The zero-order valence-corrected chi connectivity index (χ0v) is 16.8. The summed E-state index contributed by atoms with van der Waals surface area (Å²) in [7, 11) is 0. The topological polar surface area (TPSA) is 89.9 Å². The molecule has 0 spiro atoms. The Hall–Kier alpha value is -0.140. The van der Waals surface area contributed by atoms with Gasteiger partial charge in [0, 0.05) is 19.5 Å². The molecule has 0 aromatic heterocycles. The molecule has 0 rings (SSSR count). The maximum atomic E-state index is 11.8. The first-order valence-corrected chi connectivity index (χ1v) is 10.4. The van der Waals surface area contributed by atoms with Crippen molar-refractivity contribution in [1.29, 1.82) is 0 Å². The van der Waals surface area contributed by atoms with E-state index in [2.05, 4.69) is 12.2 Å². The zero-order valence-electron chi connectivity index (χ0n) is 16.8. The summed E-state index contributed by atoms with van der Waals surface area (Å²) in [5.74, 6) is -0.986. The van der Waals surface area contributed by atoms with Crippen molar-refractivity contribution in [1.82, 2.24) is 10.2 Å². The molecule has 0 heterocycles. The van der Waals surface area contributed by atoms with Gasteiger partial charge in [0.2, 0.25) is 5.91 Å². The van der Waals surface area contributed by atoms with Crippen LogP contribution in [0.2, 0.25) is 0 Å². The number of carboxylic acids is 1. The van der Waals surface area contributed by atoms with Crippen LogP contribution < -0.4 is 5.32 Å². The van der Waals surface area contributed by atoms with Crippen molar-refractivity contribution >= 4 is 41.4 Å². The Kier molecular flexibility index (Phi) is 22.2. The van der Waals surface area contributed by atoms with Crippen molar-refractivity contribution in [3.63, 3.8) is 0 Å². The molecule has 27 heavy (non-hydrogen) atoms. The van der Waals surface area contributed by atoms with Gasteiger partial charge in [0.15, 0.2) is 0 Å². The fraction of sp³-hybridized carbons (Fsp3) is 0.900. The predicted octanol–water partition coefficient (Wildman–Crippen LogP) is 2.88. The molecule has 0 aromatic rings. The van der Waals surface area contributed by atoms with Gasteiger partial charge in [0.25, 0.3) is 0 Å². The summed E-state index contributed by atoms with van der Waals surface area (Å²) >= 11 is 0. The Morgan fingerprint density at radius 3 is 1.85 bits per heavy atom. The molecule has 0 aliphatic rings. The number of nitrogens with one attached hydrogen (secondary N) is 1. The number of amides is 1. The average Bonchev–Trinajstić information content (AvgIpc) is 2.58. The van der Waals surface area contributed by atoms with E-state index in [-0.39, 0.29) is 42.0 Å². The number of aliphatic hydroxyl groups excluding tert-OH is 1. The number of hydrogen-bond donors (Lipinski definition) is 3. The molecule has 1 amide bonds. The van der Waals surface area contributed by atoms with Crippen molar-refractivity contribution in [2.45, 2.75) is 97.1 Å². The third-order valence-electron chi connectivity index (χ3n) is 4.60. The Bertz CT molecular complexity index is 368. The quantitative estimate of drug-likeness (QED) is 0.188. The number of unbranched alkanes of at least 4 members (excludes halogenated alkanes) is 10. The monoisotopic (exact) mass is 396 g/mol. The van der Waals surface area contributed by atoms with Crippen molar-refractivity contribution in [2.24, 2.45) is 0 Å². The Morgan fingerprint density at radius 2 is 1.41 bits per heavy atom. The Labute approximate surface area is 187 Å². The standard InChI is InChI=1S/C20H40N2O4.Na.H/c1-3-4-5-6-7-8-9-10-11-12-13-14-19(24)21-15-16-22(18(2)23)17-20(25)26;;/h18,23H,3-17H2,1-2H3,(H,21,24)(H,25,26);;. The molecule has 156 valence electrons. The molecule has 0 aromatic carbocycles. The third-order valence-corrected chi connectivity index (χ3v) is 4.60. The summed E-state index contributed by atoms with van der Waals surface area (Å²) in [6.45, 7) is 4.22. The number of carbonyl (C=O) groups excluding carboxylic acids is 1. The second-order valence-electron chi connectivity index (χ2n) is 7.13. The van der Waals surface area contributed by atoms with E-state index in [0.29, 0.717) is 19.5 Å². The summed E-state index contributed by atoms with van der Waals surface area (Å²) in [5.41, 5.74) is 0. The van der Waals surface area contributed by atoms with Gasteiger partial charge < -0.3 is 15.5 Å². The summed E-state index contributed by atoms with van der Waals surface area (Å²) in [5, 5.41) is 21.1. The molecule has 6 nitrogen and oxygen atoms in total. The second kappa shape index (κ2) is 20.6. The van der Waals surface area contributed by atoms with Crippen LogP contribution in [0.1, 0.15) is 90.9 Å². The van der Waals surface area contributed by atoms with Crippen LogP contribution in [0.25, 0.3) is 0 Å². The van der Waals surface area contributed by atoms with Crippen LogP contribution in [0.5, 0.6) is 0 Å². The zero-order chi connectivity index (χ0) is 19.6. The third kappa shape index (κ3) is 20.4. The van der Waals surface area contributed by atoms with Crippen molar-refractivity contribution in [3.8, 4) is 0 Å². The molecule has 0 saturated heterocycles. The van der Waals surface area contributed by atoms with Crippen LogP contribution in [-0.2, 0) is 9.59 Å². The molecule has 0 radical (unpaired) electrons. The fourth-order valence-corrected chi connectivity index (χ4v) is 2.95. The van der Waals surface area contributed by atoms with E-state index in [1.54, 1.807) is 0 Å². The summed E-state index contributed by atoms with van der Waals surface area (Å²) < 4.78 is 0. The van der Waals surface area contributed by atoms with Crippen LogP contribution in [0, 0.1) is 0 Å². The molecular formula is C20H41N2NaO4. The van der Waals surface area contributed by atoms with Gasteiger partial charge in [-0.2, -0.15) is 0 Å². The van der Waals surface area contributed by atoms with Crippen molar-refractivity contribution in [3.05, 3.63) is 0 Å². The number of carbonyl (C=O) groups is 2. The van der Waals surface area contributed by atoms with E-state index in [4.69, 9.17) is 5.11 Å². The van der Waals surface area contributed by atoms with Crippen LogP contribution in [-0.4, -0.2) is 82.4 Å². The van der Waals surface area contributed by atoms with Gasteiger partial charge in [0.1, 0.15) is 6.23 Å². The van der Waals surface area contributed by atoms with Crippen LogP contribution >= 0.6 is 0 Å². The number of carboxylic acid groups (broad SMARTS) is 1. The second-order valence-corrected chi connectivity index (χ2v) is 7.13.